The summed E-state index contributed by atoms with van der Waals surface area (Å²) in [7, 11) is 1.95. The number of hydrogen-bond acceptors (Lipinski definition) is 3. The molecule has 2 heterocycles. The Morgan fingerprint density at radius 3 is 2.74 bits per heavy atom. The number of aliphatic hydroxyl groups is 1. The molecule has 0 amide bonds. The van der Waals surface area contributed by atoms with Crippen molar-refractivity contribution in [3.63, 3.8) is 0 Å². The van der Waals surface area contributed by atoms with Crippen molar-refractivity contribution in [2.24, 2.45) is 13.0 Å². The van der Waals surface area contributed by atoms with Crippen LogP contribution in [-0.4, -0.2) is 39.0 Å². The zero-order valence-corrected chi connectivity index (χ0v) is 12.8. The summed E-state index contributed by atoms with van der Waals surface area (Å²) in [5.41, 5.74) is 2.06. The van der Waals surface area contributed by atoms with Gasteiger partial charge in [0.05, 0.1) is 22.5 Å². The molecule has 1 aliphatic heterocycles. The van der Waals surface area contributed by atoms with E-state index in [0.29, 0.717) is 5.92 Å². The van der Waals surface area contributed by atoms with Crippen molar-refractivity contribution in [3.05, 3.63) is 16.4 Å². The van der Waals surface area contributed by atoms with Crippen LogP contribution in [0.1, 0.15) is 38.1 Å². The molecule has 2 atom stereocenters. The lowest BCUT2D eigenvalue weighted by atomic mass is 9.92. The lowest BCUT2D eigenvalue weighted by Gasteiger charge is -2.35. The summed E-state index contributed by atoms with van der Waals surface area (Å²) < 4.78 is 1.90. The second-order valence-corrected chi connectivity index (χ2v) is 5.82. The average Bonchev–Trinajstić information content (AvgIpc) is 2.68. The maximum Gasteiger partial charge on any atom is 0.0863 e. The van der Waals surface area contributed by atoms with Gasteiger partial charge in [0, 0.05) is 26.7 Å². The van der Waals surface area contributed by atoms with Crippen molar-refractivity contribution in [1.29, 1.82) is 0 Å². The zero-order chi connectivity index (χ0) is 14.0. The third-order valence-electron chi connectivity index (χ3n) is 4.18. The molecule has 0 aliphatic carbocycles. The molecular formula is C14H24ClN3O. The maximum atomic E-state index is 9.93. The first kappa shape index (κ1) is 14.8. The van der Waals surface area contributed by atoms with E-state index in [0.717, 1.165) is 55.3 Å². The average molecular weight is 286 g/mol. The lowest BCUT2D eigenvalue weighted by molar-refractivity contribution is 0.0214. The van der Waals surface area contributed by atoms with Gasteiger partial charge in [-0.1, -0.05) is 25.4 Å². The number of aromatic nitrogens is 2. The van der Waals surface area contributed by atoms with Gasteiger partial charge >= 0.3 is 0 Å². The fourth-order valence-electron chi connectivity index (χ4n) is 2.84. The van der Waals surface area contributed by atoms with Gasteiger partial charge in [0.2, 0.25) is 0 Å². The Bertz CT molecular complexity index is 433. The summed E-state index contributed by atoms with van der Waals surface area (Å²) in [4.78, 5) is 2.38. The predicted molar refractivity (Wildman–Crippen MR) is 77.3 cm³/mol. The van der Waals surface area contributed by atoms with E-state index < -0.39 is 0 Å². The van der Waals surface area contributed by atoms with E-state index in [2.05, 4.69) is 23.8 Å². The topological polar surface area (TPSA) is 41.3 Å². The largest absolute Gasteiger partial charge is 0.393 e. The standard InChI is InChI=1S/C14H24ClN3O/c1-4-10-8-18(7-6-13(10)19)9-12-14(15)11(5-2)16-17(12)3/h10,13,19H,4-9H2,1-3H3. The number of aryl methyl sites for hydroxylation is 2. The smallest absolute Gasteiger partial charge is 0.0863 e. The Kier molecular flexibility index (Phi) is 4.87. The molecule has 5 heteroatoms. The molecule has 4 nitrogen and oxygen atoms in total. The summed E-state index contributed by atoms with van der Waals surface area (Å²) in [5.74, 6) is 0.381. The van der Waals surface area contributed by atoms with Crippen LogP contribution in [0, 0.1) is 5.92 Å². The zero-order valence-electron chi connectivity index (χ0n) is 12.1. The van der Waals surface area contributed by atoms with Gasteiger partial charge in [0.25, 0.3) is 0 Å². The minimum atomic E-state index is -0.144. The van der Waals surface area contributed by atoms with Crippen LogP contribution < -0.4 is 0 Å². The highest BCUT2D eigenvalue weighted by Crippen LogP contribution is 2.26. The number of hydrogen-bond donors (Lipinski definition) is 1. The first-order valence-corrected chi connectivity index (χ1v) is 7.55. The number of rotatable bonds is 4. The molecule has 0 aromatic carbocycles. The first-order chi connectivity index (χ1) is 9.06. The first-order valence-electron chi connectivity index (χ1n) is 7.17. The van der Waals surface area contributed by atoms with Gasteiger partial charge in [-0.15, -0.1) is 0 Å². The van der Waals surface area contributed by atoms with Crippen molar-refractivity contribution in [2.45, 2.75) is 45.8 Å². The second-order valence-electron chi connectivity index (χ2n) is 5.44. The van der Waals surface area contributed by atoms with Crippen LogP contribution in [-0.2, 0) is 20.0 Å². The monoisotopic (exact) mass is 285 g/mol. The molecule has 1 aromatic heterocycles. The Morgan fingerprint density at radius 1 is 1.42 bits per heavy atom. The molecule has 2 unspecified atom stereocenters. The molecule has 2 rings (SSSR count). The summed E-state index contributed by atoms with van der Waals surface area (Å²) in [6.07, 6.45) is 2.60. The molecule has 1 saturated heterocycles. The van der Waals surface area contributed by atoms with Crippen LogP contribution in [0.5, 0.6) is 0 Å². The van der Waals surface area contributed by atoms with E-state index in [-0.39, 0.29) is 6.10 Å². The molecule has 108 valence electrons. The Labute approximate surface area is 120 Å². The Balaban J connectivity index is 2.07. The van der Waals surface area contributed by atoms with E-state index in [4.69, 9.17) is 11.6 Å². The Hall–Kier alpha value is -0.580. The third kappa shape index (κ3) is 3.12. The van der Waals surface area contributed by atoms with Gasteiger partial charge in [-0.3, -0.25) is 9.58 Å². The minimum Gasteiger partial charge on any atom is -0.393 e. The molecule has 1 aliphatic rings. The molecule has 0 radical (unpaired) electrons. The minimum absolute atomic E-state index is 0.144. The fraction of sp³-hybridized carbons (Fsp3) is 0.786. The molecule has 1 N–H and O–H groups in total. The van der Waals surface area contributed by atoms with E-state index in [1.807, 2.05) is 11.7 Å². The van der Waals surface area contributed by atoms with Gasteiger partial charge in [-0.2, -0.15) is 5.10 Å². The molecule has 1 aromatic rings. The molecule has 0 bridgehead atoms. The maximum absolute atomic E-state index is 9.93. The van der Waals surface area contributed by atoms with Gasteiger partial charge in [0.15, 0.2) is 0 Å². The predicted octanol–water partition coefficient (Wildman–Crippen LogP) is 2.23. The van der Waals surface area contributed by atoms with Crippen LogP contribution >= 0.6 is 11.6 Å². The van der Waals surface area contributed by atoms with Gasteiger partial charge in [-0.25, -0.2) is 0 Å². The second kappa shape index (κ2) is 6.25. The van der Waals surface area contributed by atoms with Crippen LogP contribution in [0.25, 0.3) is 0 Å². The number of piperidine rings is 1. The summed E-state index contributed by atoms with van der Waals surface area (Å²) in [5, 5.41) is 15.2. The summed E-state index contributed by atoms with van der Waals surface area (Å²) in [6.45, 7) is 6.92. The van der Waals surface area contributed by atoms with Crippen molar-refractivity contribution in [2.75, 3.05) is 13.1 Å². The number of halogens is 1. The van der Waals surface area contributed by atoms with Gasteiger partial charge < -0.3 is 5.11 Å². The lowest BCUT2D eigenvalue weighted by Crippen LogP contribution is -2.42. The van der Waals surface area contributed by atoms with Gasteiger partial charge in [-0.05, 0) is 25.2 Å². The van der Waals surface area contributed by atoms with Crippen molar-refractivity contribution in [1.82, 2.24) is 14.7 Å². The molecular weight excluding hydrogens is 262 g/mol. The van der Waals surface area contributed by atoms with Crippen LogP contribution in [0.4, 0.5) is 0 Å². The molecule has 0 spiro atoms. The van der Waals surface area contributed by atoms with Crippen molar-refractivity contribution < 1.29 is 5.11 Å². The van der Waals surface area contributed by atoms with E-state index in [1.165, 1.54) is 0 Å². The fourth-order valence-corrected chi connectivity index (χ4v) is 3.20. The van der Waals surface area contributed by atoms with Crippen LogP contribution in [0.15, 0.2) is 0 Å². The highest BCUT2D eigenvalue weighted by Gasteiger charge is 2.27. The quantitative estimate of drug-likeness (QED) is 0.922. The highest BCUT2D eigenvalue weighted by atomic mass is 35.5. The van der Waals surface area contributed by atoms with Crippen molar-refractivity contribution >= 4 is 11.6 Å². The third-order valence-corrected chi connectivity index (χ3v) is 4.61. The van der Waals surface area contributed by atoms with Gasteiger partial charge in [0.1, 0.15) is 0 Å². The molecule has 19 heavy (non-hydrogen) atoms. The number of aliphatic hydroxyl groups excluding tert-OH is 1. The molecule has 0 saturated carbocycles. The van der Waals surface area contributed by atoms with Crippen molar-refractivity contribution in [3.8, 4) is 0 Å². The molecule has 1 fully saturated rings. The van der Waals surface area contributed by atoms with E-state index >= 15 is 0 Å². The summed E-state index contributed by atoms with van der Waals surface area (Å²) >= 11 is 6.39. The number of nitrogens with zero attached hydrogens (tertiary/aromatic N) is 3. The number of likely N-dealkylation sites (tertiary alicyclic amines) is 1. The SMILES string of the molecule is CCc1nn(C)c(CN2CCC(O)C(CC)C2)c1Cl. The normalized spacial score (nSPS) is 24.9. The van der Waals surface area contributed by atoms with Crippen LogP contribution in [0.2, 0.25) is 5.02 Å². The van der Waals surface area contributed by atoms with E-state index in [9.17, 15) is 5.11 Å². The van der Waals surface area contributed by atoms with E-state index in [1.54, 1.807) is 0 Å². The Morgan fingerprint density at radius 2 is 2.16 bits per heavy atom. The highest BCUT2D eigenvalue weighted by molar-refractivity contribution is 6.31. The van der Waals surface area contributed by atoms with Crippen LogP contribution in [0.3, 0.4) is 0 Å². The summed E-state index contributed by atoms with van der Waals surface area (Å²) in [6, 6.07) is 0.